The van der Waals surface area contributed by atoms with Gasteiger partial charge in [-0.1, -0.05) is 54.1 Å². The second kappa shape index (κ2) is 8.73. The fourth-order valence-corrected chi connectivity index (χ4v) is 5.63. The van der Waals surface area contributed by atoms with Crippen molar-refractivity contribution < 1.29 is 23.1 Å². The van der Waals surface area contributed by atoms with E-state index in [1.54, 1.807) is 36.4 Å². The Labute approximate surface area is 178 Å². The third-order valence-electron chi connectivity index (χ3n) is 4.94. The van der Waals surface area contributed by atoms with E-state index in [0.29, 0.717) is 5.56 Å². The Balaban J connectivity index is 1.84. The van der Waals surface area contributed by atoms with Crippen molar-refractivity contribution in [3.8, 4) is 6.07 Å². The van der Waals surface area contributed by atoms with E-state index in [2.05, 4.69) is 5.32 Å². The molecule has 0 saturated carbocycles. The lowest BCUT2D eigenvalue weighted by Gasteiger charge is -2.22. The minimum absolute atomic E-state index is 0.0286. The van der Waals surface area contributed by atoms with Gasteiger partial charge in [-0.3, -0.25) is 9.69 Å². The number of sulfone groups is 1. The van der Waals surface area contributed by atoms with Gasteiger partial charge in [0.15, 0.2) is 9.84 Å². The van der Waals surface area contributed by atoms with Gasteiger partial charge in [-0.25, -0.2) is 13.2 Å². The Morgan fingerprint density at radius 1 is 1.17 bits per heavy atom. The van der Waals surface area contributed by atoms with E-state index in [1.165, 1.54) is 18.2 Å². The summed E-state index contributed by atoms with van der Waals surface area (Å²) in [6.07, 6.45) is -1.65. The van der Waals surface area contributed by atoms with Gasteiger partial charge in [0.2, 0.25) is 5.91 Å². The third-order valence-corrected chi connectivity index (χ3v) is 7.57. The largest absolute Gasteiger partial charge is 0.465 e. The van der Waals surface area contributed by atoms with Gasteiger partial charge in [-0.2, -0.15) is 5.26 Å². The van der Waals surface area contributed by atoms with Gasteiger partial charge in [0.25, 0.3) is 0 Å². The van der Waals surface area contributed by atoms with Crippen LogP contribution in [0.1, 0.15) is 18.0 Å². The van der Waals surface area contributed by atoms with Gasteiger partial charge in [-0.15, -0.1) is 0 Å². The van der Waals surface area contributed by atoms with Crippen molar-refractivity contribution in [2.24, 2.45) is 0 Å². The van der Waals surface area contributed by atoms with Crippen molar-refractivity contribution in [3.05, 3.63) is 65.2 Å². The maximum Gasteiger partial charge on any atom is 0.408 e. The standard InChI is InChI=1S/C20H18ClN3O5S/c21-15-8-4-5-9-18(15)30(28,29)14-10-17(24(12-14)20(26)27)19(25)23-16(11-22)13-6-2-1-3-7-13/h1-9,14,16-17H,10,12H2,(H,23,25)(H,26,27)/t14-,16?,17+/m1/s1. The number of nitrogens with zero attached hydrogens (tertiary/aromatic N) is 2. The van der Waals surface area contributed by atoms with E-state index in [9.17, 15) is 28.4 Å². The molecule has 8 nitrogen and oxygen atoms in total. The SMILES string of the molecule is N#CC(NC(=O)[C@@H]1C[C@@H](S(=O)(=O)c2ccccc2Cl)CN1C(=O)O)c1ccccc1. The lowest BCUT2D eigenvalue weighted by Crippen LogP contribution is -2.46. The summed E-state index contributed by atoms with van der Waals surface area (Å²) in [5.41, 5.74) is 0.536. The monoisotopic (exact) mass is 447 g/mol. The number of rotatable bonds is 5. The average Bonchev–Trinajstić information content (AvgIpc) is 3.19. The summed E-state index contributed by atoms with van der Waals surface area (Å²) in [5.74, 6) is -0.732. The zero-order chi connectivity index (χ0) is 21.9. The number of nitriles is 1. The number of hydrogen-bond donors (Lipinski definition) is 2. The second-order valence-corrected chi connectivity index (χ2v) is 9.37. The van der Waals surface area contributed by atoms with Gasteiger partial charge in [0.1, 0.15) is 12.1 Å². The van der Waals surface area contributed by atoms with Crippen molar-refractivity contribution in [2.75, 3.05) is 6.54 Å². The summed E-state index contributed by atoms with van der Waals surface area (Å²) in [6, 6.07) is 14.1. The number of carboxylic acid groups (broad SMARTS) is 1. The fourth-order valence-electron chi connectivity index (χ4n) is 3.41. The first-order chi connectivity index (χ1) is 14.3. The van der Waals surface area contributed by atoms with Crippen molar-refractivity contribution in [3.63, 3.8) is 0 Å². The molecule has 0 spiro atoms. The predicted octanol–water partition coefficient (Wildman–Crippen LogP) is 2.62. The zero-order valence-electron chi connectivity index (χ0n) is 15.6. The third kappa shape index (κ3) is 4.25. The Bertz CT molecular complexity index is 1100. The number of hydrogen-bond acceptors (Lipinski definition) is 5. The van der Waals surface area contributed by atoms with Crippen LogP contribution < -0.4 is 5.32 Å². The van der Waals surface area contributed by atoms with Crippen LogP contribution in [0, 0.1) is 11.3 Å². The van der Waals surface area contributed by atoms with Crippen molar-refractivity contribution in [1.29, 1.82) is 5.26 Å². The first kappa shape index (κ1) is 21.6. The molecule has 0 bridgehead atoms. The summed E-state index contributed by atoms with van der Waals surface area (Å²) in [5, 5.41) is 20.3. The first-order valence-corrected chi connectivity index (χ1v) is 10.9. The van der Waals surface area contributed by atoms with Gasteiger partial charge in [0, 0.05) is 6.54 Å². The Morgan fingerprint density at radius 2 is 1.80 bits per heavy atom. The van der Waals surface area contributed by atoms with Gasteiger partial charge < -0.3 is 10.4 Å². The molecule has 1 fully saturated rings. The van der Waals surface area contributed by atoms with E-state index in [4.69, 9.17) is 11.6 Å². The average molecular weight is 448 g/mol. The van der Waals surface area contributed by atoms with Crippen LogP contribution in [0.4, 0.5) is 4.79 Å². The van der Waals surface area contributed by atoms with E-state index >= 15 is 0 Å². The Hall–Kier alpha value is -3.09. The first-order valence-electron chi connectivity index (χ1n) is 8.98. The fraction of sp³-hybridized carbons (Fsp3) is 0.250. The molecule has 10 heteroatoms. The number of benzene rings is 2. The van der Waals surface area contributed by atoms with Crippen LogP contribution in [0.15, 0.2) is 59.5 Å². The van der Waals surface area contributed by atoms with Crippen molar-refractivity contribution >= 4 is 33.4 Å². The molecular formula is C20H18ClN3O5S. The number of amides is 2. The molecule has 30 heavy (non-hydrogen) atoms. The van der Waals surface area contributed by atoms with Crippen molar-refractivity contribution in [1.82, 2.24) is 10.2 Å². The van der Waals surface area contributed by atoms with E-state index in [-0.39, 0.29) is 22.9 Å². The highest BCUT2D eigenvalue weighted by Crippen LogP contribution is 2.32. The molecule has 2 amide bonds. The smallest absolute Gasteiger partial charge is 0.408 e. The lowest BCUT2D eigenvalue weighted by molar-refractivity contribution is -0.125. The quantitative estimate of drug-likeness (QED) is 0.725. The predicted molar refractivity (Wildman–Crippen MR) is 109 cm³/mol. The molecule has 3 atom stereocenters. The maximum absolute atomic E-state index is 13.0. The molecular weight excluding hydrogens is 430 g/mol. The molecule has 2 aromatic carbocycles. The summed E-state index contributed by atoms with van der Waals surface area (Å²) in [4.78, 5) is 25.1. The number of carbonyl (C=O) groups is 2. The van der Waals surface area contributed by atoms with Gasteiger partial charge in [-0.05, 0) is 24.1 Å². The van der Waals surface area contributed by atoms with Crippen LogP contribution in [0.25, 0.3) is 0 Å². The summed E-state index contributed by atoms with van der Waals surface area (Å²) in [7, 11) is -3.97. The summed E-state index contributed by atoms with van der Waals surface area (Å²) in [6.45, 7) is -0.371. The topological polar surface area (TPSA) is 128 Å². The van der Waals surface area contributed by atoms with Crippen LogP contribution in [0.5, 0.6) is 0 Å². The maximum atomic E-state index is 13.0. The van der Waals surface area contributed by atoms with E-state index in [0.717, 1.165) is 4.90 Å². The van der Waals surface area contributed by atoms with E-state index in [1.807, 2.05) is 6.07 Å². The minimum Gasteiger partial charge on any atom is -0.465 e. The molecule has 0 radical (unpaired) electrons. The molecule has 1 heterocycles. The Morgan fingerprint density at radius 3 is 2.40 bits per heavy atom. The molecule has 1 unspecified atom stereocenters. The number of nitrogens with one attached hydrogen (secondary N) is 1. The minimum atomic E-state index is -3.97. The van der Waals surface area contributed by atoms with Gasteiger partial charge >= 0.3 is 6.09 Å². The van der Waals surface area contributed by atoms with Crippen LogP contribution in [0.3, 0.4) is 0 Å². The van der Waals surface area contributed by atoms with E-state index < -0.39 is 39.2 Å². The molecule has 3 rings (SSSR count). The molecule has 1 aliphatic rings. The number of halogens is 1. The van der Waals surface area contributed by atoms with Crippen LogP contribution in [-0.4, -0.2) is 48.3 Å². The zero-order valence-corrected chi connectivity index (χ0v) is 17.2. The normalized spacial score (nSPS) is 19.7. The summed E-state index contributed by atoms with van der Waals surface area (Å²) < 4.78 is 26.0. The van der Waals surface area contributed by atoms with Crippen LogP contribution in [0.2, 0.25) is 5.02 Å². The molecule has 2 aromatic rings. The second-order valence-electron chi connectivity index (χ2n) is 6.77. The number of carbonyl (C=O) groups excluding carboxylic acids is 1. The molecule has 1 saturated heterocycles. The highest BCUT2D eigenvalue weighted by Gasteiger charge is 2.46. The van der Waals surface area contributed by atoms with Crippen LogP contribution in [-0.2, 0) is 14.6 Å². The van der Waals surface area contributed by atoms with Crippen LogP contribution >= 0.6 is 11.6 Å². The molecule has 156 valence electrons. The molecule has 2 N–H and O–H groups in total. The number of likely N-dealkylation sites (tertiary alicyclic amines) is 1. The lowest BCUT2D eigenvalue weighted by atomic mass is 10.1. The highest BCUT2D eigenvalue weighted by atomic mass is 35.5. The Kier molecular flexibility index (Phi) is 6.29. The van der Waals surface area contributed by atoms with Gasteiger partial charge in [0.05, 0.1) is 21.2 Å². The molecule has 0 aliphatic carbocycles. The summed E-state index contributed by atoms with van der Waals surface area (Å²) >= 11 is 6.02. The molecule has 0 aromatic heterocycles. The van der Waals surface area contributed by atoms with Crippen molar-refractivity contribution in [2.45, 2.75) is 28.6 Å². The highest BCUT2D eigenvalue weighted by molar-refractivity contribution is 7.92. The molecule has 1 aliphatic heterocycles.